The summed E-state index contributed by atoms with van der Waals surface area (Å²) in [6, 6.07) is 15.9. The average Bonchev–Trinajstić information content (AvgIpc) is 3.29. The van der Waals surface area contributed by atoms with Gasteiger partial charge in [0.2, 0.25) is 0 Å². The molecule has 0 amide bonds. The van der Waals surface area contributed by atoms with Gasteiger partial charge in [-0.3, -0.25) is 0 Å². The Balaban J connectivity index is 1.74. The molecule has 3 N–H and O–H groups in total. The minimum atomic E-state index is -0.149. The molecule has 1 aliphatic heterocycles. The summed E-state index contributed by atoms with van der Waals surface area (Å²) in [6.07, 6.45) is 2.48. The fourth-order valence-corrected chi connectivity index (χ4v) is 3.21. The van der Waals surface area contributed by atoms with Crippen molar-refractivity contribution in [1.82, 2.24) is 10.6 Å². The summed E-state index contributed by atoms with van der Waals surface area (Å²) in [5, 5.41) is 16.6. The minimum Gasteiger partial charge on any atom is -0.508 e. The van der Waals surface area contributed by atoms with Gasteiger partial charge in [-0.25, -0.2) is 0 Å². The zero-order chi connectivity index (χ0) is 14.4. The van der Waals surface area contributed by atoms with Gasteiger partial charge in [0.05, 0.1) is 5.82 Å². The Kier molecular flexibility index (Phi) is 2.52. The van der Waals surface area contributed by atoms with Gasteiger partial charge in [-0.05, 0) is 47.7 Å². The van der Waals surface area contributed by atoms with Gasteiger partial charge in [0.1, 0.15) is 11.4 Å². The Hall–Kier alpha value is -2.42. The number of rotatable bonds is 3. The average molecular weight is 278 g/mol. The number of aromatic hydroxyl groups is 1. The first-order valence-corrected chi connectivity index (χ1v) is 7.33. The summed E-state index contributed by atoms with van der Waals surface area (Å²) in [5.74, 6) is 1.81. The molecule has 1 saturated heterocycles. The van der Waals surface area contributed by atoms with E-state index in [4.69, 9.17) is 0 Å². The third-order valence-electron chi connectivity index (χ3n) is 4.38. The molecule has 2 fully saturated rings. The molecule has 21 heavy (non-hydrogen) atoms. The highest BCUT2D eigenvalue weighted by Crippen LogP contribution is 2.48. The van der Waals surface area contributed by atoms with Gasteiger partial charge in [-0.2, -0.15) is 0 Å². The Labute approximate surface area is 124 Å². The molecule has 2 aromatic carbocycles. The lowest BCUT2D eigenvalue weighted by atomic mass is 9.88. The van der Waals surface area contributed by atoms with Crippen molar-refractivity contribution in [2.45, 2.75) is 18.5 Å². The lowest BCUT2D eigenvalue weighted by Crippen LogP contribution is -2.67. The van der Waals surface area contributed by atoms with E-state index in [2.05, 4.69) is 41.5 Å². The van der Waals surface area contributed by atoms with E-state index in [-0.39, 0.29) is 5.66 Å². The number of phenolic OH excluding ortho intramolecular Hbond substituents is 1. The molecular weight excluding hydrogens is 260 g/mol. The van der Waals surface area contributed by atoms with Gasteiger partial charge >= 0.3 is 0 Å². The molecule has 2 aliphatic rings. The van der Waals surface area contributed by atoms with Crippen molar-refractivity contribution < 1.29 is 5.11 Å². The molecule has 0 radical (unpaired) electrons. The highest BCUT2D eigenvalue weighted by Gasteiger charge is 2.52. The third kappa shape index (κ3) is 1.97. The zero-order valence-electron chi connectivity index (χ0n) is 11.8. The van der Waals surface area contributed by atoms with Crippen LogP contribution in [0.25, 0.3) is 11.1 Å². The number of phenols is 1. The smallest absolute Gasteiger partial charge is 0.139 e. The standard InChI is InChI=1S/C18H18N2O/c1-12-19-18(20-12,15-8-9-15)16-6-2-4-13(10-16)14-5-3-7-17(21)11-14/h2-7,10-11,15,19-21H,1,8-9H2. The van der Waals surface area contributed by atoms with E-state index in [0.717, 1.165) is 16.9 Å². The highest BCUT2D eigenvalue weighted by molar-refractivity contribution is 5.66. The van der Waals surface area contributed by atoms with E-state index in [1.54, 1.807) is 12.1 Å². The lowest BCUT2D eigenvalue weighted by molar-refractivity contribution is 0.173. The normalized spacial score (nSPS) is 19.3. The molecule has 106 valence electrons. The SMILES string of the molecule is C=C1NC(c2cccc(-c3cccc(O)c3)c2)(C2CC2)N1. The van der Waals surface area contributed by atoms with Crippen molar-refractivity contribution in [1.29, 1.82) is 0 Å². The van der Waals surface area contributed by atoms with Crippen molar-refractivity contribution >= 4 is 0 Å². The van der Waals surface area contributed by atoms with E-state index < -0.39 is 0 Å². The van der Waals surface area contributed by atoms with E-state index in [9.17, 15) is 5.11 Å². The predicted octanol–water partition coefficient (Wildman–Crippen LogP) is 3.29. The molecule has 0 aromatic heterocycles. The lowest BCUT2D eigenvalue weighted by Gasteiger charge is -2.48. The number of hydrogen-bond donors (Lipinski definition) is 3. The summed E-state index contributed by atoms with van der Waals surface area (Å²) < 4.78 is 0. The summed E-state index contributed by atoms with van der Waals surface area (Å²) >= 11 is 0. The second kappa shape index (κ2) is 4.29. The first-order chi connectivity index (χ1) is 10.2. The predicted molar refractivity (Wildman–Crippen MR) is 83.4 cm³/mol. The van der Waals surface area contributed by atoms with Crippen molar-refractivity contribution in [2.75, 3.05) is 0 Å². The van der Waals surface area contributed by atoms with Gasteiger partial charge in [0, 0.05) is 5.92 Å². The van der Waals surface area contributed by atoms with Crippen LogP contribution in [0.3, 0.4) is 0 Å². The van der Waals surface area contributed by atoms with Gasteiger partial charge < -0.3 is 15.7 Å². The van der Waals surface area contributed by atoms with Crippen molar-refractivity contribution in [3.63, 3.8) is 0 Å². The molecule has 0 bridgehead atoms. The first-order valence-electron chi connectivity index (χ1n) is 7.33. The summed E-state index contributed by atoms with van der Waals surface area (Å²) in [6.45, 7) is 3.93. The Morgan fingerprint density at radius 3 is 2.29 bits per heavy atom. The Morgan fingerprint density at radius 2 is 1.67 bits per heavy atom. The van der Waals surface area contributed by atoms with Crippen LogP contribution in [0.15, 0.2) is 60.9 Å². The molecule has 1 heterocycles. The topological polar surface area (TPSA) is 44.3 Å². The van der Waals surface area contributed by atoms with Gasteiger partial charge in [0.25, 0.3) is 0 Å². The van der Waals surface area contributed by atoms with Gasteiger partial charge in [-0.1, -0.05) is 36.9 Å². The monoisotopic (exact) mass is 278 g/mol. The van der Waals surface area contributed by atoms with E-state index in [1.807, 2.05) is 12.1 Å². The molecule has 0 unspecified atom stereocenters. The number of hydrogen-bond acceptors (Lipinski definition) is 3. The summed E-state index contributed by atoms with van der Waals surface area (Å²) in [7, 11) is 0. The van der Waals surface area contributed by atoms with Crippen LogP contribution in [0.2, 0.25) is 0 Å². The van der Waals surface area contributed by atoms with Crippen LogP contribution in [0.4, 0.5) is 0 Å². The number of nitrogens with one attached hydrogen (secondary N) is 2. The highest BCUT2D eigenvalue weighted by atomic mass is 16.3. The first kappa shape index (κ1) is 12.3. The van der Waals surface area contributed by atoms with Crippen LogP contribution >= 0.6 is 0 Å². The molecule has 3 nitrogen and oxygen atoms in total. The van der Waals surface area contributed by atoms with Crippen LogP contribution in [-0.2, 0) is 5.66 Å². The molecule has 2 aromatic rings. The molecule has 0 spiro atoms. The number of benzene rings is 2. The maximum atomic E-state index is 9.66. The van der Waals surface area contributed by atoms with Gasteiger partial charge in [0.15, 0.2) is 0 Å². The maximum absolute atomic E-state index is 9.66. The second-order valence-corrected chi connectivity index (χ2v) is 5.94. The van der Waals surface area contributed by atoms with Crippen LogP contribution in [0, 0.1) is 5.92 Å². The molecule has 4 rings (SSSR count). The van der Waals surface area contributed by atoms with Gasteiger partial charge in [-0.15, -0.1) is 0 Å². The molecule has 3 heteroatoms. The fraction of sp³-hybridized carbons (Fsp3) is 0.222. The quantitative estimate of drug-likeness (QED) is 0.807. The van der Waals surface area contributed by atoms with Crippen LogP contribution < -0.4 is 10.6 Å². The zero-order valence-corrected chi connectivity index (χ0v) is 11.8. The molecule has 1 aliphatic carbocycles. The Morgan fingerprint density at radius 1 is 1.00 bits per heavy atom. The van der Waals surface area contributed by atoms with E-state index >= 15 is 0 Å². The van der Waals surface area contributed by atoms with E-state index in [0.29, 0.717) is 11.7 Å². The molecular formula is C18H18N2O. The van der Waals surface area contributed by atoms with Crippen molar-refractivity contribution in [3.05, 3.63) is 66.5 Å². The third-order valence-corrected chi connectivity index (χ3v) is 4.38. The second-order valence-electron chi connectivity index (χ2n) is 5.94. The van der Waals surface area contributed by atoms with E-state index in [1.165, 1.54) is 18.4 Å². The fourth-order valence-electron chi connectivity index (χ4n) is 3.21. The largest absolute Gasteiger partial charge is 0.508 e. The van der Waals surface area contributed by atoms with Crippen LogP contribution in [0.5, 0.6) is 5.75 Å². The van der Waals surface area contributed by atoms with Crippen LogP contribution in [-0.4, -0.2) is 5.11 Å². The van der Waals surface area contributed by atoms with Crippen LogP contribution in [0.1, 0.15) is 18.4 Å². The van der Waals surface area contributed by atoms with Crippen molar-refractivity contribution in [2.24, 2.45) is 5.92 Å². The molecule has 0 atom stereocenters. The Bertz CT molecular complexity index is 711. The minimum absolute atomic E-state index is 0.149. The molecule has 1 saturated carbocycles. The van der Waals surface area contributed by atoms with Crippen molar-refractivity contribution in [3.8, 4) is 16.9 Å². The summed E-state index contributed by atoms with van der Waals surface area (Å²) in [4.78, 5) is 0. The maximum Gasteiger partial charge on any atom is 0.139 e. The summed E-state index contributed by atoms with van der Waals surface area (Å²) in [5.41, 5.74) is 3.23.